The molecule has 12 aromatic heterocycles. The third kappa shape index (κ3) is 9.20. The molecule has 4 aliphatic heterocycles. The van der Waals surface area contributed by atoms with Crippen molar-refractivity contribution in [2.45, 2.75) is 159 Å². The first-order valence-electron chi connectivity index (χ1n) is 41.2. The average molecular weight is 1530 g/mol. The molecule has 16 heterocycles. The van der Waals surface area contributed by atoms with Crippen molar-refractivity contribution in [1.29, 1.82) is 0 Å². The fourth-order valence-corrected chi connectivity index (χ4v) is 21.6. The smallest absolute Gasteiger partial charge is 0.220 e. The van der Waals surface area contributed by atoms with Crippen LogP contribution < -0.4 is 18.3 Å². The topological polar surface area (TPSA) is 104 Å². The summed E-state index contributed by atoms with van der Waals surface area (Å²) >= 11 is 0. The quantitative estimate of drug-likeness (QED) is 0.161. The van der Waals surface area contributed by atoms with E-state index in [1.54, 1.807) is 0 Å². The number of aryl methyl sites for hydroxylation is 10. The molecule has 0 bridgehead atoms. The van der Waals surface area contributed by atoms with Gasteiger partial charge in [0, 0.05) is 23.3 Å². The zero-order chi connectivity index (χ0) is 80.6. The third-order valence-corrected chi connectivity index (χ3v) is 26.8. The molecule has 16 heteroatoms. The molecule has 0 saturated carbocycles. The molecule has 16 nitrogen and oxygen atoms in total. The molecule has 0 spiro atoms. The highest BCUT2D eigenvalue weighted by molar-refractivity contribution is 6.06. The maximum Gasteiger partial charge on any atom is 0.220 e. The lowest BCUT2D eigenvalue weighted by atomic mass is 9.79. The van der Waals surface area contributed by atoms with Gasteiger partial charge in [-0.1, -0.05) is 100 Å². The summed E-state index contributed by atoms with van der Waals surface area (Å²) in [6.45, 7) is 41.1. The minimum atomic E-state index is -0.223. The van der Waals surface area contributed by atoms with Crippen LogP contribution in [0.5, 0.6) is 0 Å². The average Bonchev–Trinajstić information content (AvgIpc) is 1.50. The minimum absolute atomic E-state index is 0.204. The lowest BCUT2D eigenvalue weighted by Gasteiger charge is -2.35. The predicted octanol–water partition coefficient (Wildman–Crippen LogP) is 20.2. The predicted molar refractivity (Wildman–Crippen MR) is 470 cm³/mol. The van der Waals surface area contributed by atoms with Gasteiger partial charge in [0.2, 0.25) is 45.9 Å². The Morgan fingerprint density at radius 3 is 0.991 bits per heavy atom. The van der Waals surface area contributed by atoms with Gasteiger partial charge in [0.15, 0.2) is 24.8 Å². The van der Waals surface area contributed by atoms with Crippen LogP contribution in [0.4, 0.5) is 0 Å². The van der Waals surface area contributed by atoms with Crippen LogP contribution in [0.2, 0.25) is 0 Å². The molecule has 0 aliphatic carbocycles. The van der Waals surface area contributed by atoms with Gasteiger partial charge in [0.25, 0.3) is 0 Å². The van der Waals surface area contributed by atoms with Crippen LogP contribution in [0.1, 0.15) is 162 Å². The van der Waals surface area contributed by atoms with E-state index in [-0.39, 0.29) is 22.2 Å². The van der Waals surface area contributed by atoms with Gasteiger partial charge in [0.1, 0.15) is 28.2 Å². The van der Waals surface area contributed by atoms with Crippen molar-refractivity contribution in [3.8, 4) is 45.0 Å². The standard InChI is InChI=1S/2C26H27N4.2C24H23N4/c1-15(2)17-13-18-23(28(6)14-17)22-16(3)11-12-21-24(22)30(26(18,4)5)25-27-19-9-7-8-10-20(19)29(21)25;1-15(2)17-13-14-28(6)24-21-16(3)11-12-20-23(21)30(26(4,5)22(17)24)25-27-18-9-7-8-10-19(18)29(20)25;1-14-12-16-21(26(5)13-14)20-15(2)10-11-19-22(20)28(24(16,3)4)23-25-17-8-6-7-9-18(17)27(19)23;1-14-10-11-18-21-19(14)22-20(15(2)12-13-26(22)5)24(3,4)28(21)23-25-16-8-6-7-9-17(16)27(18)23/h2*7-15H,1-6H3;2*6-13H,1-5H3/q4*+1. The number of pyridine rings is 4. The second-order valence-electron chi connectivity index (χ2n) is 36.3. The normalized spacial score (nSPS) is 14.9. The Kier molecular flexibility index (Phi) is 14.8. The number of para-hydroxylation sites is 8. The van der Waals surface area contributed by atoms with E-state index in [1.165, 1.54) is 178 Å². The minimum Gasteiger partial charge on any atom is -0.299 e. The van der Waals surface area contributed by atoms with Gasteiger partial charge in [-0.3, -0.25) is 35.9 Å². The number of fused-ring (bicyclic) bond motifs is 28. The third-order valence-electron chi connectivity index (χ3n) is 26.8. The maximum absolute atomic E-state index is 5.11. The molecule has 20 aromatic rings. The monoisotopic (exact) mass is 1520 g/mol. The Balaban J connectivity index is 0.0000000967. The van der Waals surface area contributed by atoms with Gasteiger partial charge in [-0.2, -0.15) is 0 Å². The van der Waals surface area contributed by atoms with Gasteiger partial charge in [-0.25, -0.2) is 38.2 Å². The first kappa shape index (κ1) is 71.2. The van der Waals surface area contributed by atoms with Crippen molar-refractivity contribution < 1.29 is 18.3 Å². The summed E-state index contributed by atoms with van der Waals surface area (Å²) < 4.78 is 28.4. The number of hydrogen-bond acceptors (Lipinski definition) is 4. The van der Waals surface area contributed by atoms with E-state index < -0.39 is 0 Å². The van der Waals surface area contributed by atoms with Crippen LogP contribution >= 0.6 is 0 Å². The number of rotatable bonds is 2. The zero-order valence-corrected chi connectivity index (χ0v) is 70.8. The first-order chi connectivity index (χ1) is 55.4. The molecule has 4 aliphatic rings. The Hall–Kier alpha value is -12.6. The first-order valence-corrected chi connectivity index (χ1v) is 41.2. The highest BCUT2D eigenvalue weighted by Crippen LogP contribution is 2.53. The molecular weight excluding hydrogens is 1430 g/mol. The van der Waals surface area contributed by atoms with Gasteiger partial charge in [-0.05, 0) is 227 Å². The number of aromatic nitrogens is 16. The molecule has 0 fully saturated rings. The molecule has 576 valence electrons. The second kappa shape index (κ2) is 24.0. The summed E-state index contributed by atoms with van der Waals surface area (Å²) in [5.41, 5.74) is 44.8. The SMILES string of the molecule is Cc1cc2c([n+](C)c1)-c1c(C)ccc3c1n(c1nc4ccccc4n31)C2(C)C.Cc1cc[n+](C)c2c1C(C)(C)n1c3c-2c(C)ccc3n2c3ccccc3nc12.Cc1ccc2c3c1-c1c(c(C(C)C)cc[n+]1C)C(C)(C)n3c1nc3ccccc3n21.Cc1ccc2c3c1-c1c(cc(C(C)C)c[n+]1C)C(C)(C)n3c1nc3ccccc3n21. The van der Waals surface area contributed by atoms with Crippen LogP contribution in [0.3, 0.4) is 0 Å². The van der Waals surface area contributed by atoms with Crippen molar-refractivity contribution in [2.75, 3.05) is 0 Å². The Bertz CT molecular complexity index is 7780. The van der Waals surface area contributed by atoms with Crippen LogP contribution in [0.25, 0.3) is 156 Å². The number of benzene rings is 8. The molecule has 0 atom stereocenters. The molecule has 0 radical (unpaired) electrons. The highest BCUT2D eigenvalue weighted by Gasteiger charge is 2.48. The van der Waals surface area contributed by atoms with Crippen LogP contribution in [-0.4, -0.2) is 55.8 Å². The van der Waals surface area contributed by atoms with Crippen molar-refractivity contribution in [1.82, 2.24) is 55.8 Å². The van der Waals surface area contributed by atoms with Crippen LogP contribution in [0, 0.1) is 41.5 Å². The molecule has 0 amide bonds. The summed E-state index contributed by atoms with van der Waals surface area (Å²) in [4.78, 5) is 20.3. The van der Waals surface area contributed by atoms with E-state index in [4.69, 9.17) is 19.9 Å². The Labute approximate surface area is 674 Å². The van der Waals surface area contributed by atoms with Crippen LogP contribution in [-0.2, 0) is 50.3 Å². The summed E-state index contributed by atoms with van der Waals surface area (Å²) in [6, 6.07) is 61.1. The fraction of sp³-hybridized carbons (Fsp3) is 0.280. The summed E-state index contributed by atoms with van der Waals surface area (Å²) in [6.07, 6.45) is 8.94. The van der Waals surface area contributed by atoms with Crippen molar-refractivity contribution in [2.24, 2.45) is 28.2 Å². The molecule has 0 saturated heterocycles. The van der Waals surface area contributed by atoms with Gasteiger partial charge >= 0.3 is 0 Å². The lowest BCUT2D eigenvalue weighted by molar-refractivity contribution is -0.661. The maximum atomic E-state index is 5.11. The molecular formula is C100H100N16+4. The van der Waals surface area contributed by atoms with E-state index >= 15 is 0 Å². The van der Waals surface area contributed by atoms with Crippen molar-refractivity contribution in [3.63, 3.8) is 0 Å². The highest BCUT2D eigenvalue weighted by atomic mass is 15.3. The Morgan fingerprint density at radius 2 is 0.621 bits per heavy atom. The summed E-state index contributed by atoms with van der Waals surface area (Å²) in [5, 5.41) is 0. The van der Waals surface area contributed by atoms with E-state index in [0.29, 0.717) is 11.8 Å². The fourth-order valence-electron chi connectivity index (χ4n) is 21.6. The molecule has 116 heavy (non-hydrogen) atoms. The Morgan fingerprint density at radius 1 is 0.302 bits per heavy atom. The van der Waals surface area contributed by atoms with E-state index in [1.807, 2.05) is 0 Å². The molecule has 0 unspecified atom stereocenters. The van der Waals surface area contributed by atoms with Gasteiger partial charge in [-0.15, -0.1) is 0 Å². The largest absolute Gasteiger partial charge is 0.299 e. The van der Waals surface area contributed by atoms with Gasteiger partial charge in [0.05, 0.1) is 155 Å². The van der Waals surface area contributed by atoms with E-state index in [2.05, 4.69) is 402 Å². The molecule has 24 rings (SSSR count). The van der Waals surface area contributed by atoms with E-state index in [9.17, 15) is 0 Å². The molecule has 0 N–H and O–H groups in total. The second-order valence-corrected chi connectivity index (χ2v) is 36.3. The number of imidazole rings is 8. The van der Waals surface area contributed by atoms with Gasteiger partial charge < -0.3 is 0 Å². The summed E-state index contributed by atoms with van der Waals surface area (Å²) in [5.74, 6) is 5.01. The van der Waals surface area contributed by atoms with Crippen molar-refractivity contribution in [3.05, 3.63) is 261 Å². The molecule has 8 aromatic carbocycles. The zero-order valence-electron chi connectivity index (χ0n) is 70.8. The number of hydrogen-bond donors (Lipinski definition) is 0. The lowest BCUT2D eigenvalue weighted by Crippen LogP contribution is -2.41. The van der Waals surface area contributed by atoms with E-state index in [0.717, 1.165) is 45.2 Å². The summed E-state index contributed by atoms with van der Waals surface area (Å²) in [7, 11) is 8.69. The van der Waals surface area contributed by atoms with Crippen molar-refractivity contribution >= 4 is 111 Å². The number of nitrogens with zero attached hydrogens (tertiary/aromatic N) is 16. The van der Waals surface area contributed by atoms with Crippen LogP contribution in [0.15, 0.2) is 195 Å².